The van der Waals surface area contributed by atoms with Gasteiger partial charge in [-0.15, -0.1) is 0 Å². The number of aromatic nitrogens is 4. The quantitative estimate of drug-likeness (QED) is 0.177. The monoisotopic (exact) mass is 728 g/mol. The van der Waals surface area contributed by atoms with E-state index in [1.165, 1.54) is 21.8 Å². The maximum absolute atomic E-state index is 6.83. The molecule has 0 fully saturated rings. The molecule has 12 rings (SSSR count). The molecule has 0 spiro atoms. The molecule has 0 aliphatic carbocycles. The zero-order valence-electron chi connectivity index (χ0n) is 30.7. The summed E-state index contributed by atoms with van der Waals surface area (Å²) in [5, 5.41) is 6.91. The van der Waals surface area contributed by atoms with Crippen LogP contribution in [0.1, 0.15) is 0 Å². The maximum Gasteiger partial charge on any atom is 0.160 e. The van der Waals surface area contributed by atoms with Crippen LogP contribution in [0.4, 0.5) is 0 Å². The zero-order chi connectivity index (χ0) is 37.5. The van der Waals surface area contributed by atoms with Gasteiger partial charge in [-0.2, -0.15) is 0 Å². The van der Waals surface area contributed by atoms with Gasteiger partial charge in [0.1, 0.15) is 11.2 Å². The first kappa shape index (κ1) is 31.6. The fraction of sp³-hybridized carbons (Fsp3) is 0. The van der Waals surface area contributed by atoms with Crippen LogP contribution in [0.5, 0.6) is 0 Å². The summed E-state index contributed by atoms with van der Waals surface area (Å²) in [6, 6.07) is 68.2. The SMILES string of the molecule is c1ccc(-c2cc(-c3ccccc3)nc(-c3cccc(-n4c5ccccc5c5c6oc7ccc(-n8c9ccccc9c9ccccc98)cc7c6ccc54)c3)n2)cc1. The van der Waals surface area contributed by atoms with Gasteiger partial charge in [0.05, 0.1) is 38.8 Å². The van der Waals surface area contributed by atoms with E-state index in [0.717, 1.165) is 83.2 Å². The van der Waals surface area contributed by atoms with E-state index in [2.05, 4.69) is 167 Å². The Bertz CT molecular complexity index is 3410. The molecule has 4 aromatic heterocycles. The van der Waals surface area contributed by atoms with Crippen LogP contribution in [0.25, 0.3) is 111 Å². The fourth-order valence-corrected chi connectivity index (χ4v) is 8.77. The van der Waals surface area contributed by atoms with Gasteiger partial charge in [-0.1, -0.05) is 127 Å². The fourth-order valence-electron chi connectivity index (χ4n) is 8.77. The minimum Gasteiger partial charge on any atom is -0.455 e. The van der Waals surface area contributed by atoms with Gasteiger partial charge in [-0.3, -0.25) is 0 Å². The first-order valence-corrected chi connectivity index (χ1v) is 19.2. The Kier molecular flexibility index (Phi) is 6.86. The van der Waals surface area contributed by atoms with E-state index in [0.29, 0.717) is 5.82 Å². The third-order valence-electron chi connectivity index (χ3n) is 11.3. The van der Waals surface area contributed by atoms with E-state index in [1.807, 2.05) is 36.4 Å². The summed E-state index contributed by atoms with van der Waals surface area (Å²) in [4.78, 5) is 10.3. The predicted molar refractivity (Wildman–Crippen MR) is 234 cm³/mol. The normalized spacial score (nSPS) is 11.9. The molecule has 0 saturated carbocycles. The average Bonchev–Trinajstić information content (AvgIpc) is 3.94. The van der Waals surface area contributed by atoms with Crippen molar-refractivity contribution in [3.8, 4) is 45.3 Å². The van der Waals surface area contributed by atoms with E-state index >= 15 is 0 Å². The van der Waals surface area contributed by atoms with Gasteiger partial charge in [0.25, 0.3) is 0 Å². The second-order valence-corrected chi connectivity index (χ2v) is 14.6. The zero-order valence-corrected chi connectivity index (χ0v) is 30.7. The maximum atomic E-state index is 6.83. The lowest BCUT2D eigenvalue weighted by Gasteiger charge is -2.12. The van der Waals surface area contributed by atoms with Crippen molar-refractivity contribution in [2.24, 2.45) is 0 Å². The van der Waals surface area contributed by atoms with Crippen LogP contribution in [-0.4, -0.2) is 19.1 Å². The largest absolute Gasteiger partial charge is 0.455 e. The Morgan fingerprint density at radius 3 is 1.56 bits per heavy atom. The van der Waals surface area contributed by atoms with Crippen LogP contribution >= 0.6 is 0 Å². The molecule has 0 atom stereocenters. The summed E-state index contributed by atoms with van der Waals surface area (Å²) in [5.74, 6) is 0.677. The Balaban J connectivity index is 1.04. The minimum atomic E-state index is 0.677. The first-order valence-electron chi connectivity index (χ1n) is 19.2. The predicted octanol–water partition coefficient (Wildman–Crippen LogP) is 13.6. The smallest absolute Gasteiger partial charge is 0.160 e. The third kappa shape index (κ3) is 4.89. The van der Waals surface area contributed by atoms with Crippen LogP contribution in [0.2, 0.25) is 0 Å². The number of para-hydroxylation sites is 3. The summed E-state index contributed by atoms with van der Waals surface area (Å²) in [5.41, 5.74) is 13.3. The molecule has 12 aromatic rings. The van der Waals surface area contributed by atoms with Crippen molar-refractivity contribution < 1.29 is 4.42 Å². The number of hydrogen-bond acceptors (Lipinski definition) is 3. The number of rotatable bonds is 5. The number of hydrogen-bond donors (Lipinski definition) is 0. The molecule has 0 N–H and O–H groups in total. The highest BCUT2D eigenvalue weighted by Gasteiger charge is 2.21. The van der Waals surface area contributed by atoms with Crippen molar-refractivity contribution in [2.45, 2.75) is 0 Å². The average molecular weight is 729 g/mol. The minimum absolute atomic E-state index is 0.677. The summed E-state index contributed by atoms with van der Waals surface area (Å²) in [6.45, 7) is 0. The van der Waals surface area contributed by atoms with Gasteiger partial charge in [0, 0.05) is 55.0 Å². The summed E-state index contributed by atoms with van der Waals surface area (Å²) < 4.78 is 11.5. The highest BCUT2D eigenvalue weighted by molar-refractivity contribution is 6.24. The Morgan fingerprint density at radius 2 is 0.895 bits per heavy atom. The molecule has 0 unspecified atom stereocenters. The van der Waals surface area contributed by atoms with Gasteiger partial charge in [0.15, 0.2) is 5.82 Å². The van der Waals surface area contributed by atoms with E-state index in [-0.39, 0.29) is 0 Å². The molecule has 266 valence electrons. The highest BCUT2D eigenvalue weighted by atomic mass is 16.3. The summed E-state index contributed by atoms with van der Waals surface area (Å²) in [7, 11) is 0. The lowest BCUT2D eigenvalue weighted by Crippen LogP contribution is -1.98. The molecule has 0 aliphatic heterocycles. The van der Waals surface area contributed by atoms with E-state index < -0.39 is 0 Å². The molecular weight excluding hydrogens is 697 g/mol. The van der Waals surface area contributed by atoms with Gasteiger partial charge >= 0.3 is 0 Å². The Labute approximate surface area is 327 Å². The second-order valence-electron chi connectivity index (χ2n) is 14.6. The lowest BCUT2D eigenvalue weighted by molar-refractivity contribution is 0.673. The Hall–Kier alpha value is -7.76. The van der Waals surface area contributed by atoms with Crippen molar-refractivity contribution in [2.75, 3.05) is 0 Å². The molecule has 5 heteroatoms. The summed E-state index contributed by atoms with van der Waals surface area (Å²) >= 11 is 0. The standard InChI is InChI=1S/C52H32N4O/c1-3-14-33(15-4-1)43-32-44(34-16-5-2-6-17-34)54-52(53-43)35-18-13-19-36(30-35)56-47-25-12-9-22-41(47)50-48(56)28-27-40-42-31-37(26-29-49(42)57-51(40)50)55-45-23-10-7-20-38(45)39-21-8-11-24-46(39)55/h1-32H. The van der Waals surface area contributed by atoms with Gasteiger partial charge in [0.2, 0.25) is 0 Å². The first-order chi connectivity index (χ1) is 28.3. The van der Waals surface area contributed by atoms with Crippen LogP contribution in [-0.2, 0) is 0 Å². The van der Waals surface area contributed by atoms with Crippen molar-refractivity contribution in [3.63, 3.8) is 0 Å². The third-order valence-corrected chi connectivity index (χ3v) is 11.3. The molecule has 0 aliphatic rings. The molecule has 4 heterocycles. The van der Waals surface area contributed by atoms with Gasteiger partial charge in [-0.05, 0) is 66.7 Å². The molecule has 57 heavy (non-hydrogen) atoms. The summed E-state index contributed by atoms with van der Waals surface area (Å²) in [6.07, 6.45) is 0. The Morgan fingerprint density at radius 1 is 0.351 bits per heavy atom. The molecule has 0 bridgehead atoms. The van der Waals surface area contributed by atoms with E-state index in [9.17, 15) is 0 Å². The van der Waals surface area contributed by atoms with E-state index in [4.69, 9.17) is 14.4 Å². The number of fused-ring (bicyclic) bond motifs is 10. The van der Waals surface area contributed by atoms with E-state index in [1.54, 1.807) is 0 Å². The van der Waals surface area contributed by atoms with Crippen molar-refractivity contribution in [1.82, 2.24) is 19.1 Å². The molecule has 0 radical (unpaired) electrons. The van der Waals surface area contributed by atoms with Crippen LogP contribution < -0.4 is 0 Å². The number of nitrogens with zero attached hydrogens (tertiary/aromatic N) is 4. The second kappa shape index (κ2) is 12.4. The highest BCUT2D eigenvalue weighted by Crippen LogP contribution is 2.42. The van der Waals surface area contributed by atoms with Gasteiger partial charge < -0.3 is 13.6 Å². The van der Waals surface area contributed by atoms with Crippen LogP contribution in [0, 0.1) is 0 Å². The van der Waals surface area contributed by atoms with Crippen LogP contribution in [0.15, 0.2) is 199 Å². The van der Waals surface area contributed by atoms with Gasteiger partial charge in [-0.25, -0.2) is 9.97 Å². The van der Waals surface area contributed by atoms with Crippen molar-refractivity contribution in [3.05, 3.63) is 194 Å². The molecule has 5 nitrogen and oxygen atoms in total. The topological polar surface area (TPSA) is 48.8 Å². The molecule has 0 amide bonds. The molecule has 0 saturated heterocycles. The van der Waals surface area contributed by atoms with Crippen molar-refractivity contribution >= 4 is 65.6 Å². The lowest BCUT2D eigenvalue weighted by atomic mass is 10.1. The number of benzene rings is 8. The molecule has 8 aromatic carbocycles. The molecular formula is C52H32N4O. The van der Waals surface area contributed by atoms with Crippen molar-refractivity contribution in [1.29, 1.82) is 0 Å². The number of furan rings is 1. The van der Waals surface area contributed by atoms with Crippen LogP contribution in [0.3, 0.4) is 0 Å².